The number of allylic oxidation sites excluding steroid dienone is 2. The smallest absolute Gasteiger partial charge is 0.317 e. The van der Waals surface area contributed by atoms with Crippen LogP contribution in [0.15, 0.2) is 12.2 Å². The van der Waals surface area contributed by atoms with Crippen molar-refractivity contribution < 1.29 is 14.3 Å². The molecule has 0 saturated carbocycles. The molecule has 1 rings (SSSR count). The number of ketones is 1. The van der Waals surface area contributed by atoms with Gasteiger partial charge in [0.05, 0.1) is 12.5 Å². The highest BCUT2D eigenvalue weighted by Gasteiger charge is 2.34. The molecule has 0 aromatic carbocycles. The van der Waals surface area contributed by atoms with Crippen LogP contribution in [0.3, 0.4) is 0 Å². The molecule has 0 aliphatic heterocycles. The highest BCUT2D eigenvalue weighted by atomic mass is 35.5. The highest BCUT2D eigenvalue weighted by molar-refractivity contribution is 6.29. The summed E-state index contributed by atoms with van der Waals surface area (Å²) in [6.07, 6.45) is 6.83. The van der Waals surface area contributed by atoms with Gasteiger partial charge in [0, 0.05) is 0 Å². The van der Waals surface area contributed by atoms with Crippen LogP contribution in [0.4, 0.5) is 0 Å². The third-order valence-electron chi connectivity index (χ3n) is 2.74. The van der Waals surface area contributed by atoms with Gasteiger partial charge >= 0.3 is 5.97 Å². The van der Waals surface area contributed by atoms with Gasteiger partial charge in [-0.05, 0) is 32.1 Å². The van der Waals surface area contributed by atoms with E-state index >= 15 is 0 Å². The van der Waals surface area contributed by atoms with Crippen LogP contribution < -0.4 is 0 Å². The first-order valence-electron chi connectivity index (χ1n) is 5.62. The van der Waals surface area contributed by atoms with Gasteiger partial charge in [0.25, 0.3) is 0 Å². The van der Waals surface area contributed by atoms with Crippen molar-refractivity contribution in [1.29, 1.82) is 0 Å². The Hall–Kier alpha value is -0.830. The molecule has 0 spiro atoms. The summed E-state index contributed by atoms with van der Waals surface area (Å²) in [5.41, 5.74) is 0. The Morgan fingerprint density at radius 1 is 1.56 bits per heavy atom. The van der Waals surface area contributed by atoms with Gasteiger partial charge in [-0.1, -0.05) is 12.2 Å². The first-order chi connectivity index (χ1) is 7.70. The van der Waals surface area contributed by atoms with Gasteiger partial charge in [-0.25, -0.2) is 0 Å². The zero-order chi connectivity index (χ0) is 12.0. The average Bonchev–Trinajstić information content (AvgIpc) is 2.31. The Labute approximate surface area is 101 Å². The normalized spacial score (nSPS) is 21.5. The third-order valence-corrected chi connectivity index (χ3v) is 3.00. The van der Waals surface area contributed by atoms with E-state index in [1.54, 1.807) is 6.92 Å². The van der Waals surface area contributed by atoms with E-state index in [0.717, 1.165) is 19.3 Å². The molecular formula is C12H17ClO3. The number of hydrogen-bond acceptors (Lipinski definition) is 3. The molecule has 0 aromatic heterocycles. The molecule has 0 fully saturated rings. The summed E-state index contributed by atoms with van der Waals surface area (Å²) < 4.78 is 4.93. The molecule has 0 N–H and O–H groups in total. The third kappa shape index (κ3) is 3.34. The average molecular weight is 245 g/mol. The van der Waals surface area contributed by atoms with Crippen molar-refractivity contribution >= 4 is 23.4 Å². The quantitative estimate of drug-likeness (QED) is 0.323. The number of esters is 1. The Morgan fingerprint density at radius 2 is 2.31 bits per heavy atom. The second kappa shape index (κ2) is 6.69. The van der Waals surface area contributed by atoms with Crippen LogP contribution >= 0.6 is 11.6 Å². The second-order valence-corrected chi connectivity index (χ2v) is 4.12. The molecule has 0 aromatic rings. The number of carbonyl (C=O) groups excluding carboxylic acids is 2. The second-order valence-electron chi connectivity index (χ2n) is 3.85. The van der Waals surface area contributed by atoms with Crippen LogP contribution in [0.2, 0.25) is 0 Å². The fraction of sp³-hybridized carbons (Fsp3) is 0.667. The Kier molecular flexibility index (Phi) is 5.53. The maximum atomic E-state index is 11.7. The molecule has 0 heterocycles. The number of rotatable bonds is 5. The number of Topliss-reactive ketones (excluding diaryl/α,β-unsaturated/α-hetero) is 1. The van der Waals surface area contributed by atoms with Crippen molar-refractivity contribution in [2.45, 2.75) is 26.2 Å². The van der Waals surface area contributed by atoms with Gasteiger partial charge in [0.15, 0.2) is 5.78 Å². The van der Waals surface area contributed by atoms with E-state index in [2.05, 4.69) is 0 Å². The summed E-state index contributed by atoms with van der Waals surface area (Å²) in [5, 5.41) is 0. The van der Waals surface area contributed by atoms with Crippen molar-refractivity contribution in [3.63, 3.8) is 0 Å². The van der Waals surface area contributed by atoms with E-state index in [9.17, 15) is 9.59 Å². The Morgan fingerprint density at radius 3 is 2.81 bits per heavy atom. The predicted molar refractivity (Wildman–Crippen MR) is 62.3 cm³/mol. The van der Waals surface area contributed by atoms with Crippen LogP contribution in [0.1, 0.15) is 26.2 Å². The van der Waals surface area contributed by atoms with Gasteiger partial charge in [0.1, 0.15) is 5.92 Å². The van der Waals surface area contributed by atoms with E-state index in [-0.39, 0.29) is 17.6 Å². The number of hydrogen-bond donors (Lipinski definition) is 0. The van der Waals surface area contributed by atoms with Crippen molar-refractivity contribution in [3.8, 4) is 0 Å². The molecule has 0 amide bonds. The largest absolute Gasteiger partial charge is 0.465 e. The minimum Gasteiger partial charge on any atom is -0.465 e. The lowest BCUT2D eigenvalue weighted by Gasteiger charge is -2.23. The number of ether oxygens (including phenoxy) is 1. The summed E-state index contributed by atoms with van der Waals surface area (Å²) in [6.45, 7) is 2.03. The monoisotopic (exact) mass is 244 g/mol. The standard InChI is InChI=1S/C12H17ClO3/c1-2-16-12(15)11(10(14)8-13)9-6-4-3-5-7-9/h4,6,9,11H,2-3,5,7-8H2,1H3. The van der Waals surface area contributed by atoms with Crippen molar-refractivity contribution in [2.75, 3.05) is 12.5 Å². The summed E-state index contributed by atoms with van der Waals surface area (Å²) >= 11 is 5.53. The molecule has 0 saturated heterocycles. The first kappa shape index (κ1) is 13.2. The molecule has 0 radical (unpaired) electrons. The van der Waals surface area contributed by atoms with E-state index < -0.39 is 11.9 Å². The number of halogens is 1. The molecule has 16 heavy (non-hydrogen) atoms. The van der Waals surface area contributed by atoms with Crippen molar-refractivity contribution in [3.05, 3.63) is 12.2 Å². The van der Waals surface area contributed by atoms with Gasteiger partial charge < -0.3 is 4.74 Å². The maximum absolute atomic E-state index is 11.7. The molecule has 4 heteroatoms. The maximum Gasteiger partial charge on any atom is 0.317 e. The van der Waals surface area contributed by atoms with Crippen LogP contribution in [-0.4, -0.2) is 24.2 Å². The van der Waals surface area contributed by atoms with Crippen LogP contribution in [0.5, 0.6) is 0 Å². The van der Waals surface area contributed by atoms with Crippen molar-refractivity contribution in [2.24, 2.45) is 11.8 Å². The molecule has 2 unspecified atom stereocenters. The van der Waals surface area contributed by atoms with Gasteiger partial charge in [0.2, 0.25) is 0 Å². The zero-order valence-corrected chi connectivity index (χ0v) is 10.2. The van der Waals surface area contributed by atoms with Crippen molar-refractivity contribution in [1.82, 2.24) is 0 Å². The fourth-order valence-corrected chi connectivity index (χ4v) is 2.14. The SMILES string of the molecule is CCOC(=O)C(C(=O)CCl)C1C=CCCC1. The lowest BCUT2D eigenvalue weighted by Crippen LogP contribution is -2.33. The number of carbonyl (C=O) groups is 2. The summed E-state index contributed by atoms with van der Waals surface area (Å²) in [4.78, 5) is 23.4. The van der Waals surface area contributed by atoms with Gasteiger partial charge in [-0.2, -0.15) is 0 Å². The van der Waals surface area contributed by atoms with Gasteiger partial charge in [-0.3, -0.25) is 9.59 Å². The molecule has 0 bridgehead atoms. The van der Waals surface area contributed by atoms with Crippen LogP contribution in [-0.2, 0) is 14.3 Å². The lowest BCUT2D eigenvalue weighted by atomic mass is 9.82. The molecule has 90 valence electrons. The minimum absolute atomic E-state index is 0.0425. The van der Waals surface area contributed by atoms with Gasteiger partial charge in [-0.15, -0.1) is 11.6 Å². The number of alkyl halides is 1. The van der Waals surface area contributed by atoms with E-state index in [1.165, 1.54) is 0 Å². The molecule has 1 aliphatic rings. The van der Waals surface area contributed by atoms with Crippen LogP contribution in [0.25, 0.3) is 0 Å². The predicted octanol–water partition coefficient (Wildman–Crippen LogP) is 2.33. The topological polar surface area (TPSA) is 43.4 Å². The minimum atomic E-state index is -0.714. The summed E-state index contributed by atoms with van der Waals surface area (Å²) in [6, 6.07) is 0. The summed E-state index contributed by atoms with van der Waals surface area (Å²) in [5.74, 6) is -1.57. The fourth-order valence-electron chi connectivity index (χ4n) is 1.98. The molecule has 2 atom stereocenters. The zero-order valence-electron chi connectivity index (χ0n) is 9.45. The highest BCUT2D eigenvalue weighted by Crippen LogP contribution is 2.27. The van der Waals surface area contributed by atoms with E-state index in [1.807, 2.05) is 12.2 Å². The van der Waals surface area contributed by atoms with Crippen LogP contribution in [0, 0.1) is 11.8 Å². The first-order valence-corrected chi connectivity index (χ1v) is 6.16. The van der Waals surface area contributed by atoms with E-state index in [4.69, 9.17) is 16.3 Å². The molecular weight excluding hydrogens is 228 g/mol. The molecule has 3 nitrogen and oxygen atoms in total. The lowest BCUT2D eigenvalue weighted by molar-refractivity contribution is -0.152. The van der Waals surface area contributed by atoms with E-state index in [0.29, 0.717) is 6.61 Å². The Balaban J connectivity index is 2.77. The molecule has 1 aliphatic carbocycles. The Bertz CT molecular complexity index is 286. The summed E-state index contributed by atoms with van der Waals surface area (Å²) in [7, 11) is 0.